The van der Waals surface area contributed by atoms with Gasteiger partial charge in [0, 0.05) is 46.3 Å². The van der Waals surface area contributed by atoms with Crippen molar-refractivity contribution in [2.24, 2.45) is 0 Å². The van der Waals surface area contributed by atoms with Crippen molar-refractivity contribution in [1.29, 1.82) is 0 Å². The van der Waals surface area contributed by atoms with Gasteiger partial charge in [0.2, 0.25) is 0 Å². The van der Waals surface area contributed by atoms with Crippen LogP contribution in [0.15, 0.2) is 191 Å². The van der Waals surface area contributed by atoms with Gasteiger partial charge in [-0.2, -0.15) is 0 Å². The molecule has 0 spiro atoms. The summed E-state index contributed by atoms with van der Waals surface area (Å²) < 4.78 is 22.1. The minimum atomic E-state index is -0.385. The number of pyridine rings is 4. The molecular weight excluding hydrogens is 1590 g/mol. The molecule has 0 bridgehead atoms. The van der Waals surface area contributed by atoms with E-state index < -0.39 is 0 Å². The second-order valence-electron chi connectivity index (χ2n) is 33.5. The molecule has 0 amide bonds. The van der Waals surface area contributed by atoms with Crippen LogP contribution in [0.2, 0.25) is 0 Å². The van der Waals surface area contributed by atoms with Crippen LogP contribution in [0.4, 0.5) is 27.7 Å². The first kappa shape index (κ1) is 84.4. The second kappa shape index (κ2) is 36.5. The third kappa shape index (κ3) is 17.1. The van der Waals surface area contributed by atoms with Gasteiger partial charge in [-0.25, -0.2) is 64.2 Å². The second-order valence-corrected chi connectivity index (χ2v) is 33.5. The zero-order valence-corrected chi connectivity index (χ0v) is 72.6. The summed E-state index contributed by atoms with van der Waals surface area (Å²) in [6, 6.07) is 38.8. The van der Waals surface area contributed by atoms with Gasteiger partial charge in [-0.05, 0) is 246 Å². The summed E-state index contributed by atoms with van der Waals surface area (Å²) in [5.41, 5.74) is 13.3. The molecule has 5 aromatic carbocycles. The smallest absolute Gasteiger partial charge is 0.263 e. The van der Waals surface area contributed by atoms with Gasteiger partial charge >= 0.3 is 0 Å². The number of hydrogen-bond donors (Lipinski definition) is 8. The van der Waals surface area contributed by atoms with E-state index in [1.54, 1.807) is 29.9 Å². The number of nitrogens with zero attached hydrogens (tertiary/aromatic N) is 19. The van der Waals surface area contributed by atoms with Crippen LogP contribution >= 0.6 is 0 Å². The Bertz CT molecular complexity index is 7090. The van der Waals surface area contributed by atoms with Crippen LogP contribution in [0.3, 0.4) is 0 Å². The minimum Gasteiger partial charge on any atom is -0.360 e. The molecule has 20 rings (SSSR count). The van der Waals surface area contributed by atoms with Crippen molar-refractivity contribution in [2.75, 3.05) is 81.7 Å². The summed E-state index contributed by atoms with van der Waals surface area (Å²) in [5, 5.41) is 20.8. The number of imidazole rings is 4. The summed E-state index contributed by atoms with van der Waals surface area (Å²) in [6.45, 7) is 22.0. The standard InChI is InChI=1S/C25H23FN6O.C24H29N7O.C23H27N7O.C22H25N7O/c1-4-19(31-24-22-23(28-12-27-22)29-13-30-24)20-10-16-7-5-6-15(3)21(16)25(33)32(20)18-9-14(2)8-17(26)11-18;1-4-18(29-23-21-22(26-13-25-21)27-14-28-23)19-12-16-7-5-6-15(2)20(16)24(32)31(19)17-8-10-30(3)11-9-17;1-14-5-4-6-16-11-18(15(2)28-22-20-21(25-12-24-20)26-13-27-22)30(23(31)19(14)16)17-7-9-29(3)10-8-17;1-14(27-21-19-20(24-12-23-19)25-13-26-21)18-11-15-5-3-4-6-17(15)22(30)29(18)16-7-9-28(2)10-8-16/h5-13,19H,4H2,1-3H3,(H2,27,28,29,30,31);5-7,12-14,17-18H,4,8-11H2,1-3H3,(H2,25,26,27,28,29);4-6,11-13,15,17H,7-10H2,1-3H3,(H2,24,25,26,27,28);3-6,11-14,16H,7-10H2,1-2H3,(H2,23,24,25,26,27). The topological polar surface area (TPSA) is 364 Å². The van der Waals surface area contributed by atoms with Gasteiger partial charge in [-0.15, -0.1) is 0 Å². The van der Waals surface area contributed by atoms with Crippen molar-refractivity contribution in [3.63, 3.8) is 0 Å². The number of aromatic amines is 4. The van der Waals surface area contributed by atoms with Crippen molar-refractivity contribution in [3.8, 4) is 5.69 Å². The molecule has 3 aliphatic rings. The predicted octanol–water partition coefficient (Wildman–Crippen LogP) is 15.3. The van der Waals surface area contributed by atoms with E-state index in [9.17, 15) is 23.6 Å². The first-order chi connectivity index (χ1) is 61.2. The zero-order valence-electron chi connectivity index (χ0n) is 72.6. The number of piperidine rings is 3. The van der Waals surface area contributed by atoms with Crippen molar-refractivity contribution in [1.82, 2.24) is 113 Å². The number of anilines is 4. The number of fused-ring (bicyclic) bond motifs is 8. The molecular formula is C94H104FN27O4. The number of aromatic nitrogens is 20. The molecule has 4 atom stereocenters. The van der Waals surface area contributed by atoms with E-state index in [0.29, 0.717) is 68.9 Å². The highest BCUT2D eigenvalue weighted by molar-refractivity contribution is 5.90. The van der Waals surface area contributed by atoms with E-state index in [1.165, 1.54) is 37.4 Å². The third-order valence-electron chi connectivity index (χ3n) is 25.0. The molecule has 17 aromatic rings. The van der Waals surface area contributed by atoms with Gasteiger partial charge in [0.05, 0.1) is 71.3 Å². The molecule has 32 heteroatoms. The minimum absolute atomic E-state index is 0.0753. The van der Waals surface area contributed by atoms with E-state index >= 15 is 0 Å². The molecule has 4 unspecified atom stereocenters. The Labute approximate surface area is 725 Å². The van der Waals surface area contributed by atoms with Crippen LogP contribution < -0.4 is 43.5 Å². The number of aryl methyl sites for hydroxylation is 4. The number of halogens is 1. The number of H-pyrrole nitrogens is 4. The molecule has 3 aliphatic heterocycles. The van der Waals surface area contributed by atoms with Crippen LogP contribution in [0.25, 0.3) is 93.4 Å². The fourth-order valence-electron chi connectivity index (χ4n) is 18.3. The molecule has 31 nitrogen and oxygen atoms in total. The van der Waals surface area contributed by atoms with Gasteiger partial charge in [-0.1, -0.05) is 86.6 Å². The molecule has 646 valence electrons. The van der Waals surface area contributed by atoms with E-state index in [1.807, 2.05) is 135 Å². The summed E-state index contributed by atoms with van der Waals surface area (Å²) in [4.78, 5) is 126. The number of rotatable bonds is 18. The first-order valence-corrected chi connectivity index (χ1v) is 43.2. The Kier molecular flexibility index (Phi) is 24.5. The Morgan fingerprint density at radius 3 is 1.13 bits per heavy atom. The average Bonchev–Trinajstić information content (AvgIpc) is 0.852. The number of benzene rings is 5. The van der Waals surface area contributed by atoms with Gasteiger partial charge in [0.15, 0.2) is 45.9 Å². The highest BCUT2D eigenvalue weighted by atomic mass is 19.1. The molecule has 8 N–H and O–H groups in total. The third-order valence-corrected chi connectivity index (χ3v) is 25.0. The molecule has 0 aliphatic carbocycles. The van der Waals surface area contributed by atoms with Gasteiger partial charge in [0.25, 0.3) is 22.2 Å². The number of likely N-dealkylation sites (tertiary alicyclic amines) is 3. The fourth-order valence-corrected chi connectivity index (χ4v) is 18.3. The average molecular weight is 1700 g/mol. The Balaban J connectivity index is 0.000000119. The van der Waals surface area contributed by atoms with Crippen LogP contribution in [0.1, 0.15) is 166 Å². The lowest BCUT2D eigenvalue weighted by Gasteiger charge is -2.34. The summed E-state index contributed by atoms with van der Waals surface area (Å²) in [6.07, 6.45) is 19.7. The molecule has 12 aromatic heterocycles. The maximum atomic E-state index is 14.4. The van der Waals surface area contributed by atoms with Crippen LogP contribution in [-0.4, -0.2) is 173 Å². The monoisotopic (exact) mass is 1690 g/mol. The van der Waals surface area contributed by atoms with Crippen molar-refractivity contribution >= 4 is 111 Å². The normalized spacial score (nSPS) is 15.6. The summed E-state index contributed by atoms with van der Waals surface area (Å²) in [5.74, 6) is 2.26. The molecule has 0 saturated carbocycles. The lowest BCUT2D eigenvalue weighted by molar-refractivity contribution is 0.216. The van der Waals surface area contributed by atoms with Crippen LogP contribution in [0, 0.1) is 33.5 Å². The maximum absolute atomic E-state index is 14.4. The SMILES string of the molecule is CC(Nc1ncnc2nc[nH]c12)c1cc2ccccc2c(=O)n1C1CCN(C)CC1.CCC(Nc1ncnc2nc[nH]c12)c1cc2cccc(C)c2c(=O)n1-c1cc(C)cc(F)c1.CCC(Nc1ncnc2nc[nH]c12)c1cc2cccc(C)c2c(=O)n1C1CCN(C)CC1.Cc1cccc2cc(C(C)Nc3ncnc4nc[nH]c34)n(C3CCN(C)CC3)c(=O)c12. The summed E-state index contributed by atoms with van der Waals surface area (Å²) >= 11 is 0. The number of nitrogens with one attached hydrogen (secondary N) is 8. The quantitative estimate of drug-likeness (QED) is 0.0395. The molecule has 15 heterocycles. The Morgan fingerprint density at radius 2 is 0.722 bits per heavy atom. The van der Waals surface area contributed by atoms with Crippen molar-refractivity contribution < 1.29 is 4.39 Å². The van der Waals surface area contributed by atoms with Crippen LogP contribution in [-0.2, 0) is 0 Å². The van der Waals surface area contributed by atoms with E-state index in [2.05, 4.69) is 180 Å². The van der Waals surface area contributed by atoms with E-state index in [4.69, 9.17) is 0 Å². The molecule has 3 fully saturated rings. The van der Waals surface area contributed by atoms with Gasteiger partial charge in [-0.3, -0.25) is 23.7 Å². The fraction of sp³-hybridized carbons (Fsp3) is 0.340. The zero-order chi connectivity index (χ0) is 87.6. The Morgan fingerprint density at radius 1 is 0.381 bits per heavy atom. The number of hydrogen-bond acceptors (Lipinski definition) is 23. The Hall–Kier alpha value is -13.9. The predicted molar refractivity (Wildman–Crippen MR) is 494 cm³/mol. The van der Waals surface area contributed by atoms with Gasteiger partial charge in [0.1, 0.15) is 53.2 Å². The molecule has 0 radical (unpaired) electrons. The van der Waals surface area contributed by atoms with Gasteiger partial charge < -0.3 is 69.6 Å². The largest absolute Gasteiger partial charge is 0.360 e. The highest BCUT2D eigenvalue weighted by Crippen LogP contribution is 2.37. The van der Waals surface area contributed by atoms with E-state index in [-0.39, 0.29) is 70.3 Å². The van der Waals surface area contributed by atoms with Crippen molar-refractivity contribution in [3.05, 3.63) is 264 Å². The van der Waals surface area contributed by atoms with Crippen molar-refractivity contribution in [2.45, 2.75) is 149 Å². The molecule has 3 saturated heterocycles. The van der Waals surface area contributed by atoms with Crippen LogP contribution in [0.5, 0.6) is 0 Å². The maximum Gasteiger partial charge on any atom is 0.263 e. The summed E-state index contributed by atoms with van der Waals surface area (Å²) in [7, 11) is 6.42. The molecule has 126 heavy (non-hydrogen) atoms. The van der Waals surface area contributed by atoms with E-state index in [0.717, 1.165) is 183 Å². The lowest BCUT2D eigenvalue weighted by Crippen LogP contribution is -2.38. The first-order valence-electron chi connectivity index (χ1n) is 43.2. The highest BCUT2D eigenvalue weighted by Gasteiger charge is 2.31. The lowest BCUT2D eigenvalue weighted by atomic mass is 9.98.